The molecule has 0 bridgehead atoms. The quantitative estimate of drug-likeness (QED) is 0.811. The molecule has 0 saturated carbocycles. The predicted molar refractivity (Wildman–Crippen MR) is 102 cm³/mol. The molecule has 4 nitrogen and oxygen atoms in total. The molecule has 4 rings (SSSR count). The summed E-state index contributed by atoms with van der Waals surface area (Å²) in [5.41, 5.74) is 3.81. The van der Waals surface area contributed by atoms with Gasteiger partial charge in [-0.25, -0.2) is 0 Å². The number of benzene rings is 2. The third-order valence-electron chi connectivity index (χ3n) is 5.13. The number of amides is 1. The van der Waals surface area contributed by atoms with Crippen LogP contribution in [0.5, 0.6) is 5.75 Å². The minimum atomic E-state index is 0.0542. The summed E-state index contributed by atoms with van der Waals surface area (Å²) in [5.74, 6) is 0.822. The molecule has 5 heteroatoms. The molecule has 0 radical (unpaired) electrons. The number of ether oxygens (including phenoxy) is 2. The van der Waals surface area contributed by atoms with E-state index in [9.17, 15) is 4.79 Å². The molecular weight excluding hydrogens is 350 g/mol. The summed E-state index contributed by atoms with van der Waals surface area (Å²) < 4.78 is 11.4. The Morgan fingerprint density at radius 2 is 1.92 bits per heavy atom. The number of rotatable bonds is 3. The van der Waals surface area contributed by atoms with Crippen LogP contribution in [0.15, 0.2) is 36.4 Å². The number of hydrogen-bond donors (Lipinski definition) is 0. The Morgan fingerprint density at radius 3 is 2.69 bits per heavy atom. The van der Waals surface area contributed by atoms with Gasteiger partial charge < -0.3 is 14.4 Å². The lowest BCUT2D eigenvalue weighted by molar-refractivity contribution is 0.0303. The van der Waals surface area contributed by atoms with Gasteiger partial charge in [0.15, 0.2) is 0 Å². The van der Waals surface area contributed by atoms with E-state index in [1.807, 2.05) is 41.3 Å². The zero-order valence-electron chi connectivity index (χ0n) is 14.8. The van der Waals surface area contributed by atoms with E-state index in [4.69, 9.17) is 21.1 Å². The predicted octanol–water partition coefficient (Wildman–Crippen LogP) is 4.19. The molecule has 0 aliphatic carbocycles. The van der Waals surface area contributed by atoms with Gasteiger partial charge in [-0.3, -0.25) is 4.79 Å². The molecule has 1 fully saturated rings. The number of morpholine rings is 1. The van der Waals surface area contributed by atoms with Gasteiger partial charge in [0.1, 0.15) is 11.9 Å². The van der Waals surface area contributed by atoms with E-state index in [2.05, 4.69) is 6.92 Å². The number of nitrogens with zero attached hydrogens (tertiary/aromatic N) is 1. The number of carbonyl (C=O) groups is 1. The SMILES string of the molecule is CCC1Cc2c(-c3ccccc3C(=O)N3CCOCC3)ccc(Cl)c2O1. The van der Waals surface area contributed by atoms with Crippen molar-refractivity contribution < 1.29 is 14.3 Å². The first kappa shape index (κ1) is 17.4. The van der Waals surface area contributed by atoms with E-state index in [0.29, 0.717) is 31.3 Å². The maximum atomic E-state index is 13.1. The van der Waals surface area contributed by atoms with E-state index >= 15 is 0 Å². The van der Waals surface area contributed by atoms with Crippen molar-refractivity contribution in [2.24, 2.45) is 0 Å². The van der Waals surface area contributed by atoms with E-state index in [0.717, 1.165) is 40.8 Å². The Kier molecular flexibility index (Phi) is 4.88. The summed E-state index contributed by atoms with van der Waals surface area (Å²) in [6.07, 6.45) is 1.89. The van der Waals surface area contributed by atoms with Crippen LogP contribution in [0.2, 0.25) is 5.02 Å². The highest BCUT2D eigenvalue weighted by Gasteiger charge is 2.29. The molecule has 1 unspecified atom stereocenters. The third-order valence-corrected chi connectivity index (χ3v) is 5.43. The molecule has 2 aromatic rings. The average Bonchev–Trinajstić information content (AvgIpc) is 3.14. The Morgan fingerprint density at radius 1 is 1.15 bits per heavy atom. The Labute approximate surface area is 158 Å². The van der Waals surface area contributed by atoms with Crippen LogP contribution < -0.4 is 4.74 Å². The van der Waals surface area contributed by atoms with Crippen molar-refractivity contribution in [2.45, 2.75) is 25.9 Å². The standard InChI is InChI=1S/C21H22ClNO3/c1-2-14-13-18-16(7-8-19(22)20(18)26-14)15-5-3-4-6-17(15)21(24)23-9-11-25-12-10-23/h3-8,14H,2,9-13H2,1H3. The smallest absolute Gasteiger partial charge is 0.254 e. The van der Waals surface area contributed by atoms with Crippen molar-refractivity contribution in [1.29, 1.82) is 0 Å². The van der Waals surface area contributed by atoms with Gasteiger partial charge in [-0.15, -0.1) is 0 Å². The van der Waals surface area contributed by atoms with Crippen LogP contribution in [0, 0.1) is 0 Å². The van der Waals surface area contributed by atoms with E-state index < -0.39 is 0 Å². The van der Waals surface area contributed by atoms with Gasteiger partial charge in [0.2, 0.25) is 0 Å². The fraction of sp³-hybridized carbons (Fsp3) is 0.381. The Bertz CT molecular complexity index is 830. The summed E-state index contributed by atoms with van der Waals surface area (Å²) in [6.45, 7) is 4.56. The normalized spacial score (nSPS) is 19.2. The summed E-state index contributed by atoms with van der Waals surface area (Å²) in [6, 6.07) is 11.7. The average molecular weight is 372 g/mol. The second kappa shape index (κ2) is 7.29. The lowest BCUT2D eigenvalue weighted by Gasteiger charge is -2.27. The number of hydrogen-bond acceptors (Lipinski definition) is 3. The molecule has 0 N–H and O–H groups in total. The molecule has 2 heterocycles. The Hall–Kier alpha value is -2.04. The van der Waals surface area contributed by atoms with Crippen LogP contribution in [-0.4, -0.2) is 43.2 Å². The van der Waals surface area contributed by atoms with Crippen molar-refractivity contribution >= 4 is 17.5 Å². The van der Waals surface area contributed by atoms with Crippen LogP contribution >= 0.6 is 11.6 Å². The van der Waals surface area contributed by atoms with Gasteiger partial charge >= 0.3 is 0 Å². The molecule has 1 atom stereocenters. The van der Waals surface area contributed by atoms with Crippen molar-refractivity contribution in [2.75, 3.05) is 26.3 Å². The fourth-order valence-electron chi connectivity index (χ4n) is 3.69. The van der Waals surface area contributed by atoms with E-state index in [1.54, 1.807) is 0 Å². The van der Waals surface area contributed by atoms with E-state index in [1.165, 1.54) is 0 Å². The summed E-state index contributed by atoms with van der Waals surface area (Å²) in [4.78, 5) is 15.0. The van der Waals surface area contributed by atoms with Gasteiger partial charge in [0, 0.05) is 30.6 Å². The van der Waals surface area contributed by atoms with Crippen LogP contribution in [0.1, 0.15) is 29.3 Å². The van der Waals surface area contributed by atoms with Crippen LogP contribution in [0.25, 0.3) is 11.1 Å². The van der Waals surface area contributed by atoms with Gasteiger partial charge in [-0.05, 0) is 29.7 Å². The van der Waals surface area contributed by atoms with E-state index in [-0.39, 0.29) is 12.0 Å². The zero-order valence-corrected chi connectivity index (χ0v) is 15.6. The highest BCUT2D eigenvalue weighted by Crippen LogP contribution is 2.43. The van der Waals surface area contributed by atoms with Crippen molar-refractivity contribution in [3.8, 4) is 16.9 Å². The van der Waals surface area contributed by atoms with Crippen LogP contribution in [0.4, 0.5) is 0 Å². The molecule has 1 saturated heterocycles. The van der Waals surface area contributed by atoms with Crippen LogP contribution in [0.3, 0.4) is 0 Å². The Balaban J connectivity index is 1.76. The first-order valence-corrected chi connectivity index (χ1v) is 9.51. The lowest BCUT2D eigenvalue weighted by Crippen LogP contribution is -2.40. The van der Waals surface area contributed by atoms with Gasteiger partial charge in [-0.1, -0.05) is 42.8 Å². The summed E-state index contributed by atoms with van der Waals surface area (Å²) >= 11 is 6.36. The maximum absolute atomic E-state index is 13.1. The van der Waals surface area contributed by atoms with Gasteiger partial charge in [0.25, 0.3) is 5.91 Å². The molecule has 136 valence electrons. The third kappa shape index (κ3) is 3.08. The maximum Gasteiger partial charge on any atom is 0.254 e. The van der Waals surface area contributed by atoms with Gasteiger partial charge in [0.05, 0.1) is 18.2 Å². The van der Waals surface area contributed by atoms with Crippen molar-refractivity contribution in [3.63, 3.8) is 0 Å². The van der Waals surface area contributed by atoms with Crippen LogP contribution in [-0.2, 0) is 11.2 Å². The first-order chi connectivity index (χ1) is 12.7. The molecule has 0 spiro atoms. The van der Waals surface area contributed by atoms with Crippen molar-refractivity contribution in [3.05, 3.63) is 52.5 Å². The lowest BCUT2D eigenvalue weighted by atomic mass is 9.92. The van der Waals surface area contributed by atoms with Crippen molar-refractivity contribution in [1.82, 2.24) is 4.90 Å². The first-order valence-electron chi connectivity index (χ1n) is 9.13. The topological polar surface area (TPSA) is 38.8 Å². The number of carbonyl (C=O) groups excluding carboxylic acids is 1. The monoisotopic (exact) mass is 371 g/mol. The summed E-state index contributed by atoms with van der Waals surface area (Å²) in [7, 11) is 0. The summed E-state index contributed by atoms with van der Waals surface area (Å²) in [5, 5.41) is 0.636. The second-order valence-electron chi connectivity index (χ2n) is 6.71. The largest absolute Gasteiger partial charge is 0.488 e. The molecular formula is C21H22ClNO3. The second-order valence-corrected chi connectivity index (χ2v) is 7.11. The highest BCUT2D eigenvalue weighted by molar-refractivity contribution is 6.32. The molecule has 2 aliphatic heterocycles. The minimum absolute atomic E-state index is 0.0542. The molecule has 1 amide bonds. The zero-order chi connectivity index (χ0) is 18.1. The molecule has 0 aromatic heterocycles. The molecule has 26 heavy (non-hydrogen) atoms. The number of fused-ring (bicyclic) bond motifs is 1. The fourth-order valence-corrected chi connectivity index (χ4v) is 3.91. The van der Waals surface area contributed by atoms with Gasteiger partial charge in [-0.2, -0.15) is 0 Å². The molecule has 2 aliphatic rings. The highest BCUT2D eigenvalue weighted by atomic mass is 35.5. The molecule has 2 aromatic carbocycles. The number of halogens is 1. The minimum Gasteiger partial charge on any atom is -0.488 e.